The highest BCUT2D eigenvalue weighted by Gasteiger charge is 2.04. The van der Waals surface area contributed by atoms with Crippen molar-refractivity contribution in [1.29, 1.82) is 0 Å². The Morgan fingerprint density at radius 3 is 1.25 bits per heavy atom. The lowest BCUT2D eigenvalue weighted by atomic mass is 10.1. The van der Waals surface area contributed by atoms with Crippen molar-refractivity contribution < 1.29 is 19.1 Å². The van der Waals surface area contributed by atoms with Gasteiger partial charge in [0.05, 0.1) is 13.2 Å². The van der Waals surface area contributed by atoms with E-state index in [1.54, 1.807) is 0 Å². The van der Waals surface area contributed by atoms with Crippen molar-refractivity contribution >= 4 is 59.0 Å². The standard InChI is InChI=1S/C52H50O4S4/c1-5-51(53)55-31-7-9-33-57-49-25-23-45(39(3)35-49)21-19-41-11-15-43(16-12-41)37-59-47-27-29-48(30-28-47)60-38-44-17-13-42(14-18-44)20-22-46-24-26-50(36-40(46)4)58-34-10-8-32-56-52(54)6-2/h5-6,11-18,23-30,35-36H,1-2,7-10,31-34,37-38H2,3-4H3. The normalized spacial score (nSPS) is 10.4. The fraction of sp³-hybridized carbons (Fsp3) is 0.231. The molecule has 0 heterocycles. The van der Waals surface area contributed by atoms with E-state index in [-0.39, 0.29) is 11.9 Å². The van der Waals surface area contributed by atoms with Crippen molar-refractivity contribution in [2.75, 3.05) is 24.7 Å². The van der Waals surface area contributed by atoms with Gasteiger partial charge in [0.25, 0.3) is 0 Å². The molecule has 8 heteroatoms. The smallest absolute Gasteiger partial charge is 0.330 e. The van der Waals surface area contributed by atoms with Gasteiger partial charge in [-0.2, -0.15) is 0 Å². The molecule has 4 nitrogen and oxygen atoms in total. The molecule has 0 amide bonds. The number of carbonyl (C=O) groups is 2. The molecule has 5 rings (SSSR count). The Morgan fingerprint density at radius 2 is 0.883 bits per heavy atom. The van der Waals surface area contributed by atoms with Crippen LogP contribution in [0.1, 0.15) is 70.2 Å². The molecule has 0 bridgehead atoms. The minimum Gasteiger partial charge on any atom is -0.463 e. The van der Waals surface area contributed by atoms with E-state index in [0.717, 1.165) is 70.9 Å². The average Bonchev–Trinajstić information content (AvgIpc) is 3.27. The zero-order valence-corrected chi connectivity index (χ0v) is 37.6. The van der Waals surface area contributed by atoms with Gasteiger partial charge in [-0.25, -0.2) is 9.59 Å². The van der Waals surface area contributed by atoms with Crippen molar-refractivity contribution in [2.24, 2.45) is 0 Å². The summed E-state index contributed by atoms with van der Waals surface area (Å²) in [5, 5.41) is 0. The average molecular weight is 867 g/mol. The summed E-state index contributed by atoms with van der Waals surface area (Å²) in [7, 11) is 0. The van der Waals surface area contributed by atoms with Crippen molar-refractivity contribution in [1.82, 2.24) is 0 Å². The van der Waals surface area contributed by atoms with Gasteiger partial charge in [-0.05, 0) is 158 Å². The van der Waals surface area contributed by atoms with Crippen LogP contribution in [0.4, 0.5) is 0 Å². The fourth-order valence-electron chi connectivity index (χ4n) is 5.60. The highest BCUT2D eigenvalue weighted by molar-refractivity contribution is 7.99. The summed E-state index contributed by atoms with van der Waals surface area (Å²) in [6, 6.07) is 38.8. The number of hydrogen-bond donors (Lipinski definition) is 0. The Hall–Kier alpha value is -4.96. The molecule has 0 atom stereocenters. The van der Waals surface area contributed by atoms with Gasteiger partial charge in [0, 0.05) is 65.5 Å². The number of carbonyl (C=O) groups excluding carboxylic acids is 2. The van der Waals surface area contributed by atoms with Gasteiger partial charge in [-0.15, -0.1) is 47.0 Å². The predicted octanol–water partition coefficient (Wildman–Crippen LogP) is 12.9. The number of ether oxygens (including phenoxy) is 2. The SMILES string of the molecule is C=CC(=O)OCCCCSc1ccc(C#Cc2ccc(CSc3ccc(SCc4ccc(C#Cc5ccc(SCCCCOC(=O)C=C)cc5C)cc4)cc3)cc2)c(C)c1. The Balaban J connectivity index is 0.997. The van der Waals surface area contributed by atoms with Crippen molar-refractivity contribution in [3.63, 3.8) is 0 Å². The molecule has 0 spiro atoms. The molecule has 60 heavy (non-hydrogen) atoms. The van der Waals surface area contributed by atoms with E-state index in [4.69, 9.17) is 9.47 Å². The molecule has 0 N–H and O–H groups in total. The van der Waals surface area contributed by atoms with Gasteiger partial charge in [0.1, 0.15) is 0 Å². The molecule has 0 radical (unpaired) electrons. The first kappa shape index (κ1) is 46.1. The van der Waals surface area contributed by atoms with Gasteiger partial charge in [0.2, 0.25) is 0 Å². The molecule has 306 valence electrons. The minimum atomic E-state index is -0.362. The van der Waals surface area contributed by atoms with Gasteiger partial charge in [-0.3, -0.25) is 0 Å². The summed E-state index contributed by atoms with van der Waals surface area (Å²) in [6.45, 7) is 11.9. The van der Waals surface area contributed by atoms with Crippen LogP contribution < -0.4 is 0 Å². The molecule has 0 fully saturated rings. The molecular weight excluding hydrogens is 817 g/mol. The second-order valence-corrected chi connectivity index (χ2v) is 18.2. The number of benzene rings is 5. The van der Waals surface area contributed by atoms with Gasteiger partial charge in [0.15, 0.2) is 0 Å². The molecule has 5 aromatic rings. The number of thioether (sulfide) groups is 4. The number of rotatable bonds is 20. The van der Waals surface area contributed by atoms with Crippen molar-refractivity contribution in [3.05, 3.63) is 179 Å². The molecule has 0 aliphatic heterocycles. The van der Waals surface area contributed by atoms with Crippen LogP contribution in [0.3, 0.4) is 0 Å². The molecule has 0 aromatic heterocycles. The van der Waals surface area contributed by atoms with Crippen LogP contribution in [0.5, 0.6) is 0 Å². The van der Waals surface area contributed by atoms with E-state index in [2.05, 4.69) is 160 Å². The third-order valence-corrected chi connectivity index (χ3v) is 13.4. The highest BCUT2D eigenvalue weighted by atomic mass is 32.2. The highest BCUT2D eigenvalue weighted by Crippen LogP contribution is 2.29. The minimum absolute atomic E-state index is 0.362. The van der Waals surface area contributed by atoms with Crippen LogP contribution in [0, 0.1) is 37.5 Å². The van der Waals surface area contributed by atoms with E-state index in [0.29, 0.717) is 13.2 Å². The van der Waals surface area contributed by atoms with Crippen molar-refractivity contribution in [2.45, 2.75) is 70.6 Å². The first-order valence-electron chi connectivity index (χ1n) is 19.9. The maximum Gasteiger partial charge on any atom is 0.330 e. The first-order valence-corrected chi connectivity index (χ1v) is 23.8. The summed E-state index contributed by atoms with van der Waals surface area (Å²) >= 11 is 7.30. The number of aryl methyl sites for hydroxylation is 2. The molecule has 0 saturated carbocycles. The lowest BCUT2D eigenvalue weighted by molar-refractivity contribution is -0.138. The van der Waals surface area contributed by atoms with Crippen LogP contribution in [0.2, 0.25) is 0 Å². The Labute approximate surface area is 373 Å². The second-order valence-electron chi connectivity index (χ2n) is 13.8. The third-order valence-electron chi connectivity index (χ3n) is 9.06. The predicted molar refractivity (Wildman–Crippen MR) is 255 cm³/mol. The van der Waals surface area contributed by atoms with Crippen LogP contribution in [-0.2, 0) is 30.6 Å². The largest absolute Gasteiger partial charge is 0.463 e. The Bertz CT molecular complexity index is 2160. The number of unbranched alkanes of at least 4 members (excludes halogenated alkanes) is 2. The summed E-state index contributed by atoms with van der Waals surface area (Å²) in [5.41, 5.74) is 8.96. The van der Waals surface area contributed by atoms with Crippen LogP contribution in [0.25, 0.3) is 0 Å². The number of hydrogen-bond acceptors (Lipinski definition) is 8. The summed E-state index contributed by atoms with van der Waals surface area (Å²) in [4.78, 5) is 27.2. The van der Waals surface area contributed by atoms with E-state index < -0.39 is 0 Å². The van der Waals surface area contributed by atoms with Crippen LogP contribution >= 0.6 is 47.0 Å². The first-order chi connectivity index (χ1) is 29.3. The maximum atomic E-state index is 11.1. The molecule has 0 aliphatic rings. The fourth-order valence-corrected chi connectivity index (χ4v) is 9.32. The zero-order valence-electron chi connectivity index (χ0n) is 34.3. The monoisotopic (exact) mass is 866 g/mol. The van der Waals surface area contributed by atoms with E-state index >= 15 is 0 Å². The zero-order chi connectivity index (χ0) is 42.4. The topological polar surface area (TPSA) is 52.6 Å². The Morgan fingerprint density at radius 1 is 0.500 bits per heavy atom. The van der Waals surface area contributed by atoms with Crippen LogP contribution in [-0.4, -0.2) is 36.7 Å². The van der Waals surface area contributed by atoms with Gasteiger partial charge < -0.3 is 9.47 Å². The summed E-state index contributed by atoms with van der Waals surface area (Å²) in [5.74, 6) is 16.4. The Kier molecular flexibility index (Phi) is 19.7. The summed E-state index contributed by atoms with van der Waals surface area (Å²) in [6.07, 6.45) is 6.04. The lowest BCUT2D eigenvalue weighted by Gasteiger charge is -2.06. The van der Waals surface area contributed by atoms with Crippen molar-refractivity contribution in [3.8, 4) is 23.7 Å². The second kappa shape index (κ2) is 25.6. The molecule has 0 saturated heterocycles. The summed E-state index contributed by atoms with van der Waals surface area (Å²) < 4.78 is 10.1. The number of esters is 2. The van der Waals surface area contributed by atoms with E-state index in [1.807, 2.05) is 47.0 Å². The molecular formula is C52H50O4S4. The third kappa shape index (κ3) is 16.6. The maximum absolute atomic E-state index is 11.1. The quantitative estimate of drug-likeness (QED) is 0.0252. The molecule has 5 aromatic carbocycles. The molecule has 0 aliphatic carbocycles. The van der Waals surface area contributed by atoms with Gasteiger partial charge >= 0.3 is 11.9 Å². The van der Waals surface area contributed by atoms with E-state index in [1.165, 1.54) is 54.0 Å². The van der Waals surface area contributed by atoms with E-state index in [9.17, 15) is 9.59 Å². The van der Waals surface area contributed by atoms with Gasteiger partial charge in [-0.1, -0.05) is 61.1 Å². The lowest BCUT2D eigenvalue weighted by Crippen LogP contribution is -2.01. The molecule has 0 unspecified atom stereocenters. The van der Waals surface area contributed by atoms with Crippen LogP contribution in [0.15, 0.2) is 154 Å².